The van der Waals surface area contributed by atoms with Crippen molar-refractivity contribution < 1.29 is 0 Å². The third-order valence-electron chi connectivity index (χ3n) is 2.20. The fourth-order valence-corrected chi connectivity index (χ4v) is 1.51. The highest BCUT2D eigenvalue weighted by Gasteiger charge is 2.01. The lowest BCUT2D eigenvalue weighted by Gasteiger charge is -1.99. The van der Waals surface area contributed by atoms with Gasteiger partial charge in [0.1, 0.15) is 5.82 Å². The van der Waals surface area contributed by atoms with Crippen molar-refractivity contribution >= 4 is 22.8 Å². The van der Waals surface area contributed by atoms with Crippen LogP contribution in [0.4, 0.5) is 11.8 Å². The van der Waals surface area contributed by atoms with Crippen LogP contribution in [-0.4, -0.2) is 19.9 Å². The number of anilines is 2. The van der Waals surface area contributed by atoms with E-state index < -0.39 is 0 Å². The standard InChI is InChI=1S/C11H9N5/c1-3-8-9(12-4-1)7-10(15-8)16-11-13-5-2-6-14-11/h1-7,15H,(H,13,14,16). The van der Waals surface area contributed by atoms with Crippen molar-refractivity contribution in [3.05, 3.63) is 42.9 Å². The molecule has 16 heavy (non-hydrogen) atoms. The number of H-pyrrole nitrogens is 1. The van der Waals surface area contributed by atoms with E-state index in [4.69, 9.17) is 0 Å². The molecule has 78 valence electrons. The zero-order chi connectivity index (χ0) is 10.8. The topological polar surface area (TPSA) is 66.5 Å². The van der Waals surface area contributed by atoms with Crippen LogP contribution in [0.1, 0.15) is 0 Å². The molecule has 0 unspecified atom stereocenters. The van der Waals surface area contributed by atoms with Crippen LogP contribution in [0.25, 0.3) is 11.0 Å². The lowest BCUT2D eigenvalue weighted by molar-refractivity contribution is 1.16. The molecule has 5 nitrogen and oxygen atoms in total. The SMILES string of the molecule is c1cnc(Nc2cc3ncccc3[nH]2)nc1. The molecule has 2 N–H and O–H groups in total. The van der Waals surface area contributed by atoms with E-state index in [1.165, 1.54) is 0 Å². The van der Waals surface area contributed by atoms with Gasteiger partial charge in [0.25, 0.3) is 0 Å². The Morgan fingerprint density at radius 3 is 2.62 bits per heavy atom. The maximum atomic E-state index is 4.23. The van der Waals surface area contributed by atoms with Crippen molar-refractivity contribution in [2.45, 2.75) is 0 Å². The summed E-state index contributed by atoms with van der Waals surface area (Å²) in [5, 5.41) is 3.08. The predicted molar refractivity (Wildman–Crippen MR) is 61.4 cm³/mol. The molecule has 3 aromatic rings. The van der Waals surface area contributed by atoms with Gasteiger partial charge in [0.15, 0.2) is 0 Å². The third-order valence-corrected chi connectivity index (χ3v) is 2.20. The van der Waals surface area contributed by atoms with Crippen molar-refractivity contribution in [1.29, 1.82) is 0 Å². The van der Waals surface area contributed by atoms with Crippen molar-refractivity contribution in [2.24, 2.45) is 0 Å². The Bertz CT molecular complexity index is 569. The largest absolute Gasteiger partial charge is 0.340 e. The van der Waals surface area contributed by atoms with Gasteiger partial charge >= 0.3 is 0 Å². The van der Waals surface area contributed by atoms with Gasteiger partial charge in [0.2, 0.25) is 5.95 Å². The van der Waals surface area contributed by atoms with Crippen LogP contribution in [-0.2, 0) is 0 Å². The molecular formula is C11H9N5. The maximum absolute atomic E-state index is 4.23. The second-order valence-electron chi connectivity index (χ2n) is 3.32. The molecule has 0 saturated carbocycles. The summed E-state index contributed by atoms with van der Waals surface area (Å²) in [6.45, 7) is 0. The molecular weight excluding hydrogens is 202 g/mol. The van der Waals surface area contributed by atoms with E-state index in [0.29, 0.717) is 5.95 Å². The minimum absolute atomic E-state index is 0.564. The minimum atomic E-state index is 0.564. The normalized spacial score (nSPS) is 10.5. The molecule has 3 aromatic heterocycles. The number of pyridine rings is 1. The van der Waals surface area contributed by atoms with Crippen molar-refractivity contribution in [3.8, 4) is 0 Å². The Kier molecular flexibility index (Phi) is 2.00. The van der Waals surface area contributed by atoms with Crippen LogP contribution in [0.3, 0.4) is 0 Å². The number of aromatic nitrogens is 4. The van der Waals surface area contributed by atoms with Gasteiger partial charge in [0.05, 0.1) is 11.0 Å². The van der Waals surface area contributed by atoms with Crippen molar-refractivity contribution in [2.75, 3.05) is 5.32 Å². The summed E-state index contributed by atoms with van der Waals surface area (Å²) in [7, 11) is 0. The van der Waals surface area contributed by atoms with Crippen LogP contribution in [0, 0.1) is 0 Å². The number of fused-ring (bicyclic) bond motifs is 1. The average molecular weight is 211 g/mol. The Balaban J connectivity index is 1.95. The number of nitrogens with zero attached hydrogens (tertiary/aromatic N) is 3. The fourth-order valence-electron chi connectivity index (χ4n) is 1.51. The van der Waals surface area contributed by atoms with Gasteiger partial charge in [-0.25, -0.2) is 9.97 Å². The monoisotopic (exact) mass is 211 g/mol. The van der Waals surface area contributed by atoms with E-state index in [0.717, 1.165) is 16.9 Å². The molecule has 0 atom stereocenters. The zero-order valence-corrected chi connectivity index (χ0v) is 8.38. The Hall–Kier alpha value is -2.43. The van der Waals surface area contributed by atoms with E-state index in [2.05, 4.69) is 25.3 Å². The Morgan fingerprint density at radius 2 is 1.81 bits per heavy atom. The minimum Gasteiger partial charge on any atom is -0.340 e. The lowest BCUT2D eigenvalue weighted by atomic mass is 10.4. The molecule has 3 rings (SSSR count). The Morgan fingerprint density at radius 1 is 1.00 bits per heavy atom. The molecule has 0 radical (unpaired) electrons. The van der Waals surface area contributed by atoms with Gasteiger partial charge < -0.3 is 10.3 Å². The van der Waals surface area contributed by atoms with Gasteiger partial charge in [-0.05, 0) is 18.2 Å². The maximum Gasteiger partial charge on any atom is 0.228 e. The first-order valence-electron chi connectivity index (χ1n) is 4.89. The summed E-state index contributed by atoms with van der Waals surface area (Å²) >= 11 is 0. The van der Waals surface area contributed by atoms with Crippen LogP contribution in [0.15, 0.2) is 42.9 Å². The highest BCUT2D eigenvalue weighted by molar-refractivity contribution is 5.80. The molecule has 0 saturated heterocycles. The smallest absolute Gasteiger partial charge is 0.228 e. The first-order valence-corrected chi connectivity index (χ1v) is 4.89. The first-order chi connectivity index (χ1) is 7.92. The van der Waals surface area contributed by atoms with Gasteiger partial charge in [-0.15, -0.1) is 0 Å². The summed E-state index contributed by atoms with van der Waals surface area (Å²) in [4.78, 5) is 15.6. The molecule has 5 heteroatoms. The van der Waals surface area contributed by atoms with E-state index in [-0.39, 0.29) is 0 Å². The van der Waals surface area contributed by atoms with Crippen molar-refractivity contribution in [3.63, 3.8) is 0 Å². The number of aromatic amines is 1. The Labute approximate surface area is 91.6 Å². The molecule has 0 bridgehead atoms. The van der Waals surface area contributed by atoms with Crippen LogP contribution < -0.4 is 5.32 Å². The second kappa shape index (κ2) is 3.62. The summed E-state index contributed by atoms with van der Waals surface area (Å²) < 4.78 is 0. The lowest BCUT2D eigenvalue weighted by Crippen LogP contribution is -1.95. The summed E-state index contributed by atoms with van der Waals surface area (Å²) in [6, 6.07) is 7.56. The quantitative estimate of drug-likeness (QED) is 0.681. The molecule has 0 aliphatic rings. The second-order valence-corrected chi connectivity index (χ2v) is 3.32. The number of hydrogen-bond acceptors (Lipinski definition) is 4. The molecule has 0 amide bonds. The predicted octanol–water partition coefficient (Wildman–Crippen LogP) is 2.10. The number of hydrogen-bond donors (Lipinski definition) is 2. The van der Waals surface area contributed by atoms with Crippen LogP contribution in [0.5, 0.6) is 0 Å². The molecule has 0 spiro atoms. The fraction of sp³-hybridized carbons (Fsp3) is 0. The molecule has 0 aliphatic carbocycles. The van der Waals surface area contributed by atoms with Crippen LogP contribution in [0.2, 0.25) is 0 Å². The first kappa shape index (κ1) is 8.84. The molecule has 3 heterocycles. The molecule has 0 fully saturated rings. The molecule has 0 aliphatic heterocycles. The molecule has 0 aromatic carbocycles. The van der Waals surface area contributed by atoms with Crippen molar-refractivity contribution in [1.82, 2.24) is 19.9 Å². The number of rotatable bonds is 2. The summed E-state index contributed by atoms with van der Waals surface area (Å²) in [6.07, 6.45) is 5.14. The van der Waals surface area contributed by atoms with Crippen LogP contribution >= 0.6 is 0 Å². The van der Waals surface area contributed by atoms with E-state index in [9.17, 15) is 0 Å². The van der Waals surface area contributed by atoms with Gasteiger partial charge in [-0.2, -0.15) is 0 Å². The average Bonchev–Trinajstić information content (AvgIpc) is 2.72. The highest BCUT2D eigenvalue weighted by atomic mass is 15.1. The van der Waals surface area contributed by atoms with Gasteiger partial charge in [-0.1, -0.05) is 0 Å². The van der Waals surface area contributed by atoms with E-state index in [1.807, 2.05) is 18.2 Å². The summed E-state index contributed by atoms with van der Waals surface area (Å²) in [5.41, 5.74) is 1.90. The number of nitrogens with one attached hydrogen (secondary N) is 2. The van der Waals surface area contributed by atoms with Gasteiger partial charge in [-0.3, -0.25) is 4.98 Å². The highest BCUT2D eigenvalue weighted by Crippen LogP contribution is 2.17. The zero-order valence-electron chi connectivity index (χ0n) is 8.38. The van der Waals surface area contributed by atoms with E-state index in [1.54, 1.807) is 24.7 Å². The third kappa shape index (κ3) is 1.58. The van der Waals surface area contributed by atoms with E-state index >= 15 is 0 Å². The summed E-state index contributed by atoms with van der Waals surface area (Å²) in [5.74, 6) is 1.40. The van der Waals surface area contributed by atoms with Gasteiger partial charge in [0, 0.05) is 24.7 Å².